The van der Waals surface area contributed by atoms with Crippen LogP contribution in [-0.4, -0.2) is 42.3 Å². The average Bonchev–Trinajstić information content (AvgIpc) is 3.28. The zero-order valence-corrected chi connectivity index (χ0v) is 19.0. The number of carbonyl (C=O) groups excluding carboxylic acids is 1. The summed E-state index contributed by atoms with van der Waals surface area (Å²) in [6.07, 6.45) is 2.70. The maximum atomic E-state index is 13.5. The lowest BCUT2D eigenvalue weighted by molar-refractivity contribution is 0.0198. The molecule has 2 atom stereocenters. The minimum absolute atomic E-state index is 0.0255. The lowest BCUT2D eigenvalue weighted by atomic mass is 9.96. The Kier molecular flexibility index (Phi) is 5.51. The maximum absolute atomic E-state index is 13.5. The molecule has 2 unspecified atom stereocenters. The van der Waals surface area contributed by atoms with E-state index < -0.39 is 0 Å². The molecule has 0 aromatic heterocycles. The molecule has 0 aliphatic carbocycles. The zero-order valence-electron chi connectivity index (χ0n) is 19.0. The Labute approximate surface area is 189 Å². The van der Waals surface area contributed by atoms with E-state index in [1.165, 1.54) is 16.3 Å². The van der Waals surface area contributed by atoms with Gasteiger partial charge >= 0.3 is 0 Å². The molecule has 2 heterocycles. The van der Waals surface area contributed by atoms with Crippen molar-refractivity contribution in [2.75, 3.05) is 20.4 Å². The van der Waals surface area contributed by atoms with Crippen LogP contribution < -0.4 is 9.47 Å². The van der Waals surface area contributed by atoms with Crippen LogP contribution in [0.25, 0.3) is 10.8 Å². The fourth-order valence-electron chi connectivity index (χ4n) is 5.28. The van der Waals surface area contributed by atoms with E-state index in [-0.39, 0.29) is 24.9 Å². The van der Waals surface area contributed by atoms with Crippen LogP contribution >= 0.6 is 0 Å². The molecule has 0 fully saturated rings. The predicted octanol–water partition coefficient (Wildman–Crippen LogP) is 5.39. The molecule has 5 rings (SSSR count). The van der Waals surface area contributed by atoms with Gasteiger partial charge in [0.15, 0.2) is 11.5 Å². The summed E-state index contributed by atoms with van der Waals surface area (Å²) >= 11 is 0. The predicted molar refractivity (Wildman–Crippen MR) is 126 cm³/mol. The number of ether oxygens (including phenoxy) is 2. The molecule has 5 nitrogen and oxygen atoms in total. The smallest absolute Gasteiger partial charge is 0.255 e. The second-order valence-corrected chi connectivity index (χ2v) is 8.70. The Morgan fingerprint density at radius 2 is 1.72 bits per heavy atom. The number of hydrogen-bond acceptors (Lipinski definition) is 4. The van der Waals surface area contributed by atoms with Crippen molar-refractivity contribution in [3.8, 4) is 11.5 Å². The minimum Gasteiger partial charge on any atom is -0.454 e. The Hall–Kier alpha value is -3.05. The van der Waals surface area contributed by atoms with Gasteiger partial charge in [0.2, 0.25) is 6.79 Å². The van der Waals surface area contributed by atoms with Gasteiger partial charge in [-0.1, -0.05) is 50.2 Å². The third kappa shape index (κ3) is 3.51. The van der Waals surface area contributed by atoms with Gasteiger partial charge in [0.25, 0.3) is 5.91 Å². The molecule has 0 spiro atoms. The molecule has 0 bridgehead atoms. The van der Waals surface area contributed by atoms with Crippen molar-refractivity contribution in [1.82, 2.24) is 9.80 Å². The Bertz CT molecular complexity index is 1160. The van der Waals surface area contributed by atoms with Gasteiger partial charge in [-0.3, -0.25) is 9.69 Å². The van der Waals surface area contributed by atoms with Crippen molar-refractivity contribution in [2.24, 2.45) is 0 Å². The van der Waals surface area contributed by atoms with Crippen LogP contribution in [-0.2, 0) is 6.42 Å². The SMILES string of the molecule is CCC(c1ccc2ccccc2c1)N(C)C(CC)N1CCc2cc3c(cc2C1=O)OCO3. The second-order valence-electron chi connectivity index (χ2n) is 8.70. The monoisotopic (exact) mass is 430 g/mol. The third-order valence-corrected chi connectivity index (χ3v) is 6.94. The summed E-state index contributed by atoms with van der Waals surface area (Å²) in [5.74, 6) is 1.50. The van der Waals surface area contributed by atoms with E-state index in [0.717, 1.165) is 36.1 Å². The highest BCUT2D eigenvalue weighted by Gasteiger charge is 2.35. The van der Waals surface area contributed by atoms with E-state index in [0.29, 0.717) is 12.3 Å². The molecule has 166 valence electrons. The standard InChI is InChI=1S/C27H30N2O3/c1-4-23(21-11-10-18-8-6-7-9-19(18)14-21)28(3)26(5-2)29-13-12-20-15-24-25(32-17-31-24)16-22(20)27(29)30/h6-11,14-16,23,26H,4-5,12-13,17H2,1-3H3. The average molecular weight is 431 g/mol. The van der Waals surface area contributed by atoms with E-state index in [9.17, 15) is 4.79 Å². The molecule has 3 aromatic carbocycles. The summed E-state index contributed by atoms with van der Waals surface area (Å²) < 4.78 is 11.0. The molecular formula is C27H30N2O3. The first kappa shape index (κ1) is 20.8. The molecule has 0 N–H and O–H groups in total. The second kappa shape index (κ2) is 8.47. The van der Waals surface area contributed by atoms with E-state index >= 15 is 0 Å². The van der Waals surface area contributed by atoms with Crippen molar-refractivity contribution in [3.63, 3.8) is 0 Å². The van der Waals surface area contributed by atoms with E-state index in [2.05, 4.69) is 68.3 Å². The van der Waals surface area contributed by atoms with Gasteiger partial charge in [0.05, 0.1) is 6.17 Å². The van der Waals surface area contributed by atoms with Gasteiger partial charge in [0.1, 0.15) is 0 Å². The van der Waals surface area contributed by atoms with Gasteiger partial charge in [-0.05, 0) is 66.4 Å². The fraction of sp³-hybridized carbons (Fsp3) is 0.370. The van der Waals surface area contributed by atoms with Gasteiger partial charge < -0.3 is 14.4 Å². The first-order valence-electron chi connectivity index (χ1n) is 11.5. The van der Waals surface area contributed by atoms with Gasteiger partial charge in [0, 0.05) is 18.2 Å². The van der Waals surface area contributed by atoms with Crippen molar-refractivity contribution in [3.05, 3.63) is 71.3 Å². The van der Waals surface area contributed by atoms with Crippen molar-refractivity contribution < 1.29 is 14.3 Å². The van der Waals surface area contributed by atoms with Crippen LogP contribution in [0.4, 0.5) is 0 Å². The molecule has 32 heavy (non-hydrogen) atoms. The number of carbonyl (C=O) groups is 1. The van der Waals surface area contributed by atoms with Crippen LogP contribution in [0.3, 0.4) is 0 Å². The van der Waals surface area contributed by atoms with Gasteiger partial charge in [-0.25, -0.2) is 0 Å². The van der Waals surface area contributed by atoms with Crippen LogP contribution in [0, 0.1) is 0 Å². The number of rotatable bonds is 6. The summed E-state index contributed by atoms with van der Waals surface area (Å²) in [5.41, 5.74) is 3.08. The highest BCUT2D eigenvalue weighted by Crippen LogP contribution is 2.38. The fourth-order valence-corrected chi connectivity index (χ4v) is 5.28. The first-order chi connectivity index (χ1) is 15.6. The molecule has 0 saturated heterocycles. The molecule has 5 heteroatoms. The van der Waals surface area contributed by atoms with Crippen LogP contribution in [0.5, 0.6) is 11.5 Å². The lowest BCUT2D eigenvalue weighted by Gasteiger charge is -2.43. The Morgan fingerprint density at radius 3 is 2.47 bits per heavy atom. The van der Waals surface area contributed by atoms with Crippen molar-refractivity contribution in [2.45, 2.75) is 45.3 Å². The normalized spacial score (nSPS) is 17.0. The highest BCUT2D eigenvalue weighted by atomic mass is 16.7. The van der Waals surface area contributed by atoms with Crippen molar-refractivity contribution in [1.29, 1.82) is 0 Å². The van der Waals surface area contributed by atoms with Crippen LogP contribution in [0.15, 0.2) is 54.6 Å². The molecule has 1 amide bonds. The minimum atomic E-state index is 0.0255. The highest BCUT2D eigenvalue weighted by molar-refractivity contribution is 5.97. The molecule has 0 saturated carbocycles. The Morgan fingerprint density at radius 1 is 0.969 bits per heavy atom. The molecular weight excluding hydrogens is 400 g/mol. The number of benzene rings is 3. The number of nitrogens with zero attached hydrogens (tertiary/aromatic N) is 2. The lowest BCUT2D eigenvalue weighted by Crippen LogP contribution is -2.52. The van der Waals surface area contributed by atoms with E-state index in [1.807, 2.05) is 17.0 Å². The molecule has 2 aliphatic heterocycles. The molecule has 2 aliphatic rings. The summed E-state index contributed by atoms with van der Waals surface area (Å²) in [5, 5.41) is 2.51. The Balaban J connectivity index is 1.43. The van der Waals surface area contributed by atoms with E-state index in [1.54, 1.807) is 0 Å². The largest absolute Gasteiger partial charge is 0.454 e. The molecule has 3 aromatic rings. The van der Waals surface area contributed by atoms with E-state index in [4.69, 9.17) is 9.47 Å². The summed E-state index contributed by atoms with van der Waals surface area (Å²) in [6, 6.07) is 19.3. The van der Waals surface area contributed by atoms with Crippen molar-refractivity contribution >= 4 is 16.7 Å². The van der Waals surface area contributed by atoms with Gasteiger partial charge in [-0.15, -0.1) is 0 Å². The number of hydrogen-bond donors (Lipinski definition) is 0. The third-order valence-electron chi connectivity index (χ3n) is 6.94. The summed E-state index contributed by atoms with van der Waals surface area (Å²) in [6.45, 7) is 5.32. The molecule has 0 radical (unpaired) electrons. The maximum Gasteiger partial charge on any atom is 0.255 e. The number of fused-ring (bicyclic) bond motifs is 3. The summed E-state index contributed by atoms with van der Waals surface area (Å²) in [4.78, 5) is 18.0. The first-order valence-corrected chi connectivity index (χ1v) is 11.5. The number of amides is 1. The summed E-state index contributed by atoms with van der Waals surface area (Å²) in [7, 11) is 2.15. The zero-order chi connectivity index (χ0) is 22.2. The van der Waals surface area contributed by atoms with Crippen LogP contribution in [0.2, 0.25) is 0 Å². The quantitative estimate of drug-likeness (QED) is 0.526. The van der Waals surface area contributed by atoms with Crippen LogP contribution in [0.1, 0.15) is 54.2 Å². The topological polar surface area (TPSA) is 42.0 Å². The van der Waals surface area contributed by atoms with Gasteiger partial charge in [-0.2, -0.15) is 0 Å².